The molecule has 1 saturated heterocycles. The highest BCUT2D eigenvalue weighted by molar-refractivity contribution is 5.83. The summed E-state index contributed by atoms with van der Waals surface area (Å²) in [6.07, 6.45) is 4.91. The average molecular weight is 319 g/mol. The van der Waals surface area contributed by atoms with Gasteiger partial charge in [0.25, 0.3) is 0 Å². The molecule has 2 aliphatic carbocycles. The zero-order valence-electron chi connectivity index (χ0n) is 13.6. The Balaban J connectivity index is 1.34. The third kappa shape index (κ3) is 2.41. The highest BCUT2D eigenvalue weighted by atomic mass is 16.5. The average Bonchev–Trinajstić information content (AvgIpc) is 3.19. The number of aliphatic hydroxyl groups is 1. The Bertz CT molecular complexity index is 560. The number of likely N-dealkylation sites (tertiary alicyclic amines) is 1. The molecule has 2 saturated carbocycles. The molecule has 4 atom stereocenters. The largest absolute Gasteiger partial charge is 0.469 e. The number of carbonyl (C=O) groups is 1. The van der Waals surface area contributed by atoms with Gasteiger partial charge in [-0.05, 0) is 38.3 Å². The molecule has 1 aromatic heterocycles. The first-order chi connectivity index (χ1) is 11.2. The van der Waals surface area contributed by atoms with Crippen LogP contribution in [-0.4, -0.2) is 47.8 Å². The van der Waals surface area contributed by atoms with E-state index in [0.717, 1.165) is 44.5 Å². The highest BCUT2D eigenvalue weighted by Crippen LogP contribution is 2.53. The fraction of sp³-hybridized carbons (Fsp3) is 0.722. The maximum Gasteiger partial charge on any atom is 0.226 e. The second-order valence-corrected chi connectivity index (χ2v) is 7.22. The summed E-state index contributed by atoms with van der Waals surface area (Å²) in [5, 5.41) is 10.2. The van der Waals surface area contributed by atoms with E-state index >= 15 is 0 Å². The second-order valence-electron chi connectivity index (χ2n) is 7.22. The van der Waals surface area contributed by atoms with Gasteiger partial charge in [-0.1, -0.05) is 0 Å². The van der Waals surface area contributed by atoms with Crippen molar-refractivity contribution in [2.45, 2.75) is 50.7 Å². The van der Waals surface area contributed by atoms with Crippen LogP contribution in [0.25, 0.3) is 0 Å². The van der Waals surface area contributed by atoms with Crippen LogP contribution in [0.2, 0.25) is 0 Å². The SMILES string of the molecule is CCOC1CC(O)C12CCN(C(=O)C1CC1c1ccco1)CC2. The lowest BCUT2D eigenvalue weighted by molar-refractivity contribution is -0.210. The molecule has 0 bridgehead atoms. The fourth-order valence-electron chi connectivity index (χ4n) is 4.48. The summed E-state index contributed by atoms with van der Waals surface area (Å²) in [6.45, 7) is 4.16. The summed E-state index contributed by atoms with van der Waals surface area (Å²) in [5.74, 6) is 1.54. The maximum atomic E-state index is 12.7. The van der Waals surface area contributed by atoms with E-state index in [-0.39, 0.29) is 35.4 Å². The van der Waals surface area contributed by atoms with Crippen LogP contribution in [-0.2, 0) is 9.53 Å². The molecule has 23 heavy (non-hydrogen) atoms. The minimum atomic E-state index is -0.270. The first kappa shape index (κ1) is 15.2. The van der Waals surface area contributed by atoms with Crippen molar-refractivity contribution in [2.75, 3.05) is 19.7 Å². The summed E-state index contributed by atoms with van der Waals surface area (Å²) < 4.78 is 11.2. The summed E-state index contributed by atoms with van der Waals surface area (Å²) in [4.78, 5) is 14.6. The molecule has 1 spiro atoms. The van der Waals surface area contributed by atoms with E-state index in [0.29, 0.717) is 6.61 Å². The van der Waals surface area contributed by atoms with Gasteiger partial charge in [-0.15, -0.1) is 0 Å². The number of amides is 1. The van der Waals surface area contributed by atoms with E-state index < -0.39 is 0 Å². The molecule has 5 nitrogen and oxygen atoms in total. The van der Waals surface area contributed by atoms with Gasteiger partial charge in [-0.25, -0.2) is 0 Å². The Morgan fingerprint density at radius 1 is 1.43 bits per heavy atom. The van der Waals surface area contributed by atoms with Crippen LogP contribution in [0.4, 0.5) is 0 Å². The number of rotatable bonds is 4. The minimum absolute atomic E-state index is 0.0872. The van der Waals surface area contributed by atoms with Crippen molar-refractivity contribution >= 4 is 5.91 Å². The zero-order chi connectivity index (χ0) is 16.0. The predicted octanol–water partition coefficient (Wildman–Crippen LogP) is 2.16. The summed E-state index contributed by atoms with van der Waals surface area (Å²) in [5.41, 5.74) is -0.114. The lowest BCUT2D eigenvalue weighted by Gasteiger charge is -2.56. The Morgan fingerprint density at radius 2 is 2.22 bits per heavy atom. The molecular weight excluding hydrogens is 294 g/mol. The van der Waals surface area contributed by atoms with Crippen molar-refractivity contribution in [3.63, 3.8) is 0 Å². The van der Waals surface area contributed by atoms with Crippen molar-refractivity contribution in [3.05, 3.63) is 24.2 Å². The minimum Gasteiger partial charge on any atom is -0.469 e. The predicted molar refractivity (Wildman–Crippen MR) is 83.8 cm³/mol. The monoisotopic (exact) mass is 319 g/mol. The molecule has 1 N–H and O–H groups in total. The molecule has 5 heteroatoms. The highest BCUT2D eigenvalue weighted by Gasteiger charge is 2.57. The standard InChI is InChI=1S/C18H25NO4/c1-2-22-16-11-15(20)18(16)5-7-19(8-6-18)17(21)13-10-12(13)14-4-3-9-23-14/h3-4,9,12-13,15-16,20H,2,5-8,10-11H2,1H3. The van der Waals surface area contributed by atoms with Gasteiger partial charge in [0.1, 0.15) is 5.76 Å². The molecule has 3 aliphatic rings. The number of hydrogen-bond acceptors (Lipinski definition) is 4. The second kappa shape index (κ2) is 5.64. The Labute approximate surface area is 136 Å². The molecule has 1 amide bonds. The van der Waals surface area contributed by atoms with E-state index in [9.17, 15) is 9.90 Å². The summed E-state index contributed by atoms with van der Waals surface area (Å²) >= 11 is 0. The Kier molecular flexibility index (Phi) is 3.73. The molecule has 126 valence electrons. The van der Waals surface area contributed by atoms with Gasteiger partial charge in [0.05, 0.1) is 18.5 Å². The molecule has 2 heterocycles. The Morgan fingerprint density at radius 3 is 2.83 bits per heavy atom. The quantitative estimate of drug-likeness (QED) is 0.924. The summed E-state index contributed by atoms with van der Waals surface area (Å²) in [7, 11) is 0. The van der Waals surface area contributed by atoms with Crippen molar-refractivity contribution in [3.8, 4) is 0 Å². The van der Waals surface area contributed by atoms with Gasteiger partial charge in [0.2, 0.25) is 5.91 Å². The third-order valence-electron chi connectivity index (χ3n) is 6.13. The number of hydrogen-bond donors (Lipinski definition) is 1. The van der Waals surface area contributed by atoms with E-state index in [1.807, 2.05) is 24.0 Å². The van der Waals surface area contributed by atoms with Gasteiger partial charge >= 0.3 is 0 Å². The molecule has 3 fully saturated rings. The molecule has 1 aromatic rings. The van der Waals surface area contributed by atoms with Crippen molar-refractivity contribution in [2.24, 2.45) is 11.3 Å². The molecule has 0 aromatic carbocycles. The van der Waals surface area contributed by atoms with E-state index in [1.165, 1.54) is 0 Å². The third-order valence-corrected chi connectivity index (χ3v) is 6.13. The van der Waals surface area contributed by atoms with Gasteiger partial charge < -0.3 is 19.2 Å². The van der Waals surface area contributed by atoms with Crippen LogP contribution in [0.3, 0.4) is 0 Å². The fourth-order valence-corrected chi connectivity index (χ4v) is 4.48. The molecule has 0 radical (unpaired) electrons. The molecule has 4 unspecified atom stereocenters. The number of piperidine rings is 1. The molecular formula is C18H25NO4. The molecule has 1 aliphatic heterocycles. The Hall–Kier alpha value is -1.33. The van der Waals surface area contributed by atoms with Crippen molar-refractivity contribution in [1.29, 1.82) is 0 Å². The number of carbonyl (C=O) groups excluding carboxylic acids is 1. The van der Waals surface area contributed by atoms with Crippen molar-refractivity contribution in [1.82, 2.24) is 4.90 Å². The lowest BCUT2D eigenvalue weighted by atomic mass is 9.58. The van der Waals surface area contributed by atoms with Crippen LogP contribution in [0, 0.1) is 11.3 Å². The number of ether oxygens (including phenoxy) is 1. The zero-order valence-corrected chi connectivity index (χ0v) is 13.6. The van der Waals surface area contributed by atoms with Crippen molar-refractivity contribution < 1.29 is 19.1 Å². The number of aliphatic hydroxyl groups excluding tert-OH is 1. The number of furan rings is 1. The van der Waals surface area contributed by atoms with Gasteiger partial charge in [-0.3, -0.25) is 4.79 Å². The van der Waals surface area contributed by atoms with Crippen LogP contribution in [0.5, 0.6) is 0 Å². The van der Waals surface area contributed by atoms with E-state index in [1.54, 1.807) is 6.26 Å². The smallest absolute Gasteiger partial charge is 0.226 e. The van der Waals surface area contributed by atoms with E-state index in [4.69, 9.17) is 9.15 Å². The van der Waals surface area contributed by atoms with Gasteiger partial charge in [-0.2, -0.15) is 0 Å². The first-order valence-corrected chi connectivity index (χ1v) is 8.77. The number of nitrogens with zero attached hydrogens (tertiary/aromatic N) is 1. The lowest BCUT2D eigenvalue weighted by Crippen LogP contribution is -2.62. The summed E-state index contributed by atoms with van der Waals surface area (Å²) in [6, 6.07) is 3.84. The van der Waals surface area contributed by atoms with Gasteiger partial charge in [0.15, 0.2) is 0 Å². The topological polar surface area (TPSA) is 62.9 Å². The maximum absolute atomic E-state index is 12.7. The molecule has 4 rings (SSSR count). The van der Waals surface area contributed by atoms with Crippen LogP contribution in [0.15, 0.2) is 22.8 Å². The van der Waals surface area contributed by atoms with Gasteiger partial charge in [0, 0.05) is 43.4 Å². The normalized spacial score (nSPS) is 35.1. The van der Waals surface area contributed by atoms with Crippen LogP contribution >= 0.6 is 0 Å². The first-order valence-electron chi connectivity index (χ1n) is 8.77. The van der Waals surface area contributed by atoms with Crippen LogP contribution in [0.1, 0.15) is 44.3 Å². The van der Waals surface area contributed by atoms with Crippen LogP contribution < -0.4 is 0 Å². The van der Waals surface area contributed by atoms with E-state index in [2.05, 4.69) is 0 Å².